The van der Waals surface area contributed by atoms with Crippen molar-refractivity contribution in [3.63, 3.8) is 0 Å². The SMILES string of the molecule is CC([NH3+])CSCCCCC[n+]1ccc(C=C2Sc3ccccc3N2C)c2ccccc21.[I-]. The van der Waals surface area contributed by atoms with Crippen LogP contribution in [0, 0.1) is 0 Å². The van der Waals surface area contributed by atoms with Gasteiger partial charge in [-0.3, -0.25) is 0 Å². The largest absolute Gasteiger partial charge is 1.00 e. The topological polar surface area (TPSA) is 34.8 Å². The van der Waals surface area contributed by atoms with Crippen LogP contribution < -0.4 is 39.2 Å². The maximum absolute atomic E-state index is 4.06. The molecule has 32 heavy (non-hydrogen) atoms. The summed E-state index contributed by atoms with van der Waals surface area (Å²) in [6.45, 7) is 3.27. The highest BCUT2D eigenvalue weighted by molar-refractivity contribution is 8.03. The summed E-state index contributed by atoms with van der Waals surface area (Å²) < 4.78 is 2.42. The van der Waals surface area contributed by atoms with Crippen LogP contribution in [-0.2, 0) is 6.54 Å². The third kappa shape index (κ3) is 6.22. The van der Waals surface area contributed by atoms with Crippen LogP contribution in [-0.4, -0.2) is 24.6 Å². The number of aromatic nitrogens is 1. The van der Waals surface area contributed by atoms with Crippen LogP contribution in [0.4, 0.5) is 5.69 Å². The van der Waals surface area contributed by atoms with Crippen LogP contribution in [0.5, 0.6) is 0 Å². The van der Waals surface area contributed by atoms with Crippen molar-refractivity contribution in [1.29, 1.82) is 0 Å². The van der Waals surface area contributed by atoms with Crippen molar-refractivity contribution in [2.75, 3.05) is 23.5 Å². The molecule has 0 spiro atoms. The Kier molecular flexibility index (Phi) is 9.77. The van der Waals surface area contributed by atoms with Gasteiger partial charge in [0.1, 0.15) is 6.54 Å². The second kappa shape index (κ2) is 12.3. The van der Waals surface area contributed by atoms with Gasteiger partial charge in [-0.25, -0.2) is 0 Å². The molecule has 0 saturated carbocycles. The van der Waals surface area contributed by atoms with Crippen LogP contribution >= 0.6 is 23.5 Å². The van der Waals surface area contributed by atoms with Crippen molar-refractivity contribution >= 4 is 46.2 Å². The van der Waals surface area contributed by atoms with Crippen LogP contribution in [0.2, 0.25) is 0 Å². The van der Waals surface area contributed by atoms with E-state index < -0.39 is 0 Å². The molecule has 0 fully saturated rings. The van der Waals surface area contributed by atoms with E-state index in [-0.39, 0.29) is 24.0 Å². The zero-order chi connectivity index (χ0) is 21.6. The van der Waals surface area contributed by atoms with E-state index in [1.54, 1.807) is 0 Å². The number of thioether (sulfide) groups is 2. The number of hydrogen-bond acceptors (Lipinski definition) is 3. The highest BCUT2D eigenvalue weighted by atomic mass is 127. The number of halogens is 1. The Hall–Kier alpha value is -1.22. The number of quaternary nitrogens is 1. The Morgan fingerprint density at radius 2 is 1.84 bits per heavy atom. The fraction of sp³-hybridized carbons (Fsp3) is 0.346. The van der Waals surface area contributed by atoms with E-state index in [1.165, 1.54) is 62.8 Å². The first-order chi connectivity index (χ1) is 15.1. The van der Waals surface area contributed by atoms with Gasteiger partial charge < -0.3 is 34.6 Å². The molecule has 2 heterocycles. The molecule has 170 valence electrons. The van der Waals surface area contributed by atoms with Crippen LogP contribution in [0.15, 0.2) is 70.7 Å². The quantitative estimate of drug-likeness (QED) is 0.240. The number of benzene rings is 2. The first-order valence-corrected chi connectivity index (χ1v) is 13.1. The van der Waals surface area contributed by atoms with E-state index in [2.05, 4.69) is 96.0 Å². The number of aryl methyl sites for hydroxylation is 1. The molecule has 1 aromatic heterocycles. The summed E-state index contributed by atoms with van der Waals surface area (Å²) in [4.78, 5) is 3.62. The molecule has 1 unspecified atom stereocenters. The number of anilines is 1. The molecule has 3 nitrogen and oxygen atoms in total. The summed E-state index contributed by atoms with van der Waals surface area (Å²) >= 11 is 3.89. The summed E-state index contributed by atoms with van der Waals surface area (Å²) in [7, 11) is 2.16. The molecule has 0 amide bonds. The zero-order valence-corrected chi connectivity index (χ0v) is 22.8. The van der Waals surface area contributed by atoms with Gasteiger partial charge in [-0.1, -0.05) is 36.0 Å². The lowest BCUT2D eigenvalue weighted by atomic mass is 10.1. The van der Waals surface area contributed by atoms with Gasteiger partial charge in [0, 0.05) is 36.2 Å². The zero-order valence-electron chi connectivity index (χ0n) is 19.0. The summed E-state index contributed by atoms with van der Waals surface area (Å²) in [5, 5.41) is 2.60. The minimum atomic E-state index is 0. The second-order valence-corrected chi connectivity index (χ2v) is 10.5. The number of hydrogen-bond donors (Lipinski definition) is 1. The molecular weight excluding hydrogens is 545 g/mol. The average Bonchev–Trinajstić information content (AvgIpc) is 3.09. The van der Waals surface area contributed by atoms with Crippen molar-refractivity contribution in [1.82, 2.24) is 0 Å². The molecule has 1 aliphatic heterocycles. The molecule has 0 radical (unpaired) electrons. The monoisotopic (exact) mass is 578 g/mol. The van der Waals surface area contributed by atoms with E-state index in [0.717, 1.165) is 6.54 Å². The average molecular weight is 579 g/mol. The van der Waals surface area contributed by atoms with Crippen molar-refractivity contribution in [2.24, 2.45) is 0 Å². The molecule has 1 aliphatic rings. The first kappa shape index (κ1) is 25.4. The first-order valence-electron chi connectivity index (χ1n) is 11.2. The van der Waals surface area contributed by atoms with E-state index in [1.807, 2.05) is 23.5 Å². The Bertz CT molecular complexity index is 1070. The highest BCUT2D eigenvalue weighted by Crippen LogP contribution is 2.45. The molecule has 2 aromatic carbocycles. The van der Waals surface area contributed by atoms with Crippen LogP contribution in [0.3, 0.4) is 0 Å². The lowest BCUT2D eigenvalue weighted by Crippen LogP contribution is -3.00. The number of pyridine rings is 1. The molecular formula is C26H33IN3S2+. The minimum Gasteiger partial charge on any atom is -1.00 e. The van der Waals surface area contributed by atoms with Gasteiger partial charge in [0.2, 0.25) is 5.52 Å². The molecule has 6 heteroatoms. The van der Waals surface area contributed by atoms with E-state index >= 15 is 0 Å². The van der Waals surface area contributed by atoms with Crippen molar-refractivity contribution in [2.45, 2.75) is 43.7 Å². The fourth-order valence-corrected chi connectivity index (χ4v) is 6.04. The number of rotatable bonds is 9. The third-order valence-corrected chi connectivity index (χ3v) is 8.15. The standard InChI is InChI=1S/C26H32N3S2.HI/c1-20(27)19-30-17-9-3-8-15-29-16-14-21(22-10-4-5-11-23(22)29)18-26-28(2)24-12-6-7-13-25(24)31-26;/h4-7,10-14,16,18,20H,3,8-9,15,17,19,27H2,1-2H3;1H/q+1;. The van der Waals surface area contributed by atoms with Crippen LogP contribution in [0.25, 0.3) is 17.0 Å². The predicted octanol–water partition coefficient (Wildman–Crippen LogP) is 2.21. The summed E-state index contributed by atoms with van der Waals surface area (Å²) in [5.41, 5.74) is 7.96. The molecule has 4 rings (SSSR count). The van der Waals surface area contributed by atoms with Gasteiger partial charge in [-0.05, 0) is 55.4 Å². The number of nitrogens with zero attached hydrogens (tertiary/aromatic N) is 2. The summed E-state index contributed by atoms with van der Waals surface area (Å²) in [6, 6.07) is 20.3. The fourth-order valence-electron chi connectivity index (χ4n) is 3.96. The molecule has 3 aromatic rings. The highest BCUT2D eigenvalue weighted by Gasteiger charge is 2.22. The van der Waals surface area contributed by atoms with Crippen LogP contribution in [0.1, 0.15) is 31.7 Å². The molecule has 3 N–H and O–H groups in total. The Morgan fingerprint density at radius 1 is 1.06 bits per heavy atom. The van der Waals surface area contributed by atoms with E-state index in [0.29, 0.717) is 6.04 Å². The van der Waals surface area contributed by atoms with Gasteiger partial charge in [-0.15, -0.1) is 0 Å². The number of fused-ring (bicyclic) bond motifs is 2. The summed E-state index contributed by atoms with van der Waals surface area (Å²) in [6.07, 6.45) is 8.40. The number of para-hydroxylation sites is 2. The minimum absolute atomic E-state index is 0. The molecule has 0 saturated heterocycles. The van der Waals surface area contributed by atoms with E-state index in [4.69, 9.17) is 0 Å². The maximum Gasteiger partial charge on any atom is 0.213 e. The Labute approximate surface area is 217 Å². The van der Waals surface area contributed by atoms with Gasteiger partial charge in [0.05, 0.1) is 22.1 Å². The van der Waals surface area contributed by atoms with Gasteiger partial charge >= 0.3 is 0 Å². The second-order valence-electron chi connectivity index (χ2n) is 8.33. The summed E-state index contributed by atoms with van der Waals surface area (Å²) in [5.74, 6) is 2.43. The molecule has 1 atom stereocenters. The van der Waals surface area contributed by atoms with Gasteiger partial charge in [0.25, 0.3) is 0 Å². The maximum atomic E-state index is 4.06. The smallest absolute Gasteiger partial charge is 0.213 e. The predicted molar refractivity (Wildman–Crippen MR) is 136 cm³/mol. The van der Waals surface area contributed by atoms with Crippen molar-refractivity contribution < 1.29 is 34.3 Å². The normalized spacial score (nSPS) is 15.1. The van der Waals surface area contributed by atoms with Gasteiger partial charge in [-0.2, -0.15) is 16.3 Å². The molecule has 0 aliphatic carbocycles. The van der Waals surface area contributed by atoms with E-state index in [9.17, 15) is 0 Å². The lowest BCUT2D eigenvalue weighted by Gasteiger charge is -2.13. The van der Waals surface area contributed by atoms with Crippen molar-refractivity contribution in [3.8, 4) is 0 Å². The lowest BCUT2D eigenvalue weighted by molar-refractivity contribution is -0.671. The molecule has 0 bridgehead atoms. The Balaban J connectivity index is 0.00000289. The number of unbranched alkanes of at least 4 members (excludes halogenated alkanes) is 2. The van der Waals surface area contributed by atoms with Gasteiger partial charge in [0.15, 0.2) is 6.20 Å². The van der Waals surface area contributed by atoms with Crippen molar-refractivity contribution in [3.05, 3.63) is 71.4 Å². The third-order valence-electron chi connectivity index (χ3n) is 5.60. The Morgan fingerprint density at radius 3 is 2.66 bits per heavy atom.